The lowest BCUT2D eigenvalue weighted by atomic mass is 10.3. The summed E-state index contributed by atoms with van der Waals surface area (Å²) >= 11 is 9.14. The summed E-state index contributed by atoms with van der Waals surface area (Å²) in [5.41, 5.74) is 0.929. The van der Waals surface area contributed by atoms with E-state index in [4.69, 9.17) is 11.6 Å². The number of hydrogen-bond donors (Lipinski definition) is 1. The molecule has 2 aromatic rings. The van der Waals surface area contributed by atoms with Crippen LogP contribution in [0.4, 0.5) is 11.5 Å². The van der Waals surface area contributed by atoms with Gasteiger partial charge >= 0.3 is 0 Å². The lowest BCUT2D eigenvalue weighted by Gasteiger charge is -2.06. The van der Waals surface area contributed by atoms with Crippen LogP contribution in [0.15, 0.2) is 41.3 Å². The monoisotopic (exact) mass is 283 g/mol. The van der Waals surface area contributed by atoms with Crippen LogP contribution in [0.1, 0.15) is 0 Å². The summed E-state index contributed by atoms with van der Waals surface area (Å²) in [4.78, 5) is 7.98. The van der Waals surface area contributed by atoms with Gasteiger partial charge in [-0.15, -0.1) is 0 Å². The molecule has 0 aliphatic rings. The van der Waals surface area contributed by atoms with Crippen LogP contribution in [0, 0.1) is 0 Å². The van der Waals surface area contributed by atoms with E-state index in [1.165, 1.54) is 6.33 Å². The van der Waals surface area contributed by atoms with Gasteiger partial charge in [0.1, 0.15) is 12.1 Å². The highest BCUT2D eigenvalue weighted by molar-refractivity contribution is 9.10. The number of benzene rings is 1. The summed E-state index contributed by atoms with van der Waals surface area (Å²) in [7, 11) is 0. The minimum Gasteiger partial charge on any atom is -0.339 e. The van der Waals surface area contributed by atoms with Gasteiger partial charge in [0.05, 0.1) is 4.47 Å². The van der Waals surface area contributed by atoms with Crippen LogP contribution < -0.4 is 5.32 Å². The molecule has 0 aliphatic heterocycles. The average molecular weight is 285 g/mol. The molecule has 0 saturated carbocycles. The maximum absolute atomic E-state index is 5.78. The predicted molar refractivity (Wildman–Crippen MR) is 64.5 cm³/mol. The Bertz CT molecular complexity index is 458. The van der Waals surface area contributed by atoms with Crippen molar-refractivity contribution in [2.45, 2.75) is 0 Å². The van der Waals surface area contributed by atoms with Gasteiger partial charge < -0.3 is 5.32 Å². The Morgan fingerprint density at radius 3 is 2.60 bits per heavy atom. The summed E-state index contributed by atoms with van der Waals surface area (Å²) in [6, 6.07) is 7.41. The van der Waals surface area contributed by atoms with Crippen LogP contribution >= 0.6 is 27.5 Å². The van der Waals surface area contributed by atoms with Crippen molar-refractivity contribution in [1.29, 1.82) is 0 Å². The minimum absolute atomic E-state index is 0.710. The van der Waals surface area contributed by atoms with Gasteiger partial charge in [-0.05, 0) is 40.2 Å². The van der Waals surface area contributed by atoms with E-state index in [-0.39, 0.29) is 0 Å². The van der Waals surface area contributed by atoms with Crippen molar-refractivity contribution >= 4 is 39.0 Å². The quantitative estimate of drug-likeness (QED) is 0.915. The van der Waals surface area contributed by atoms with Crippen molar-refractivity contribution in [2.24, 2.45) is 0 Å². The van der Waals surface area contributed by atoms with Crippen molar-refractivity contribution in [3.63, 3.8) is 0 Å². The van der Waals surface area contributed by atoms with Crippen molar-refractivity contribution in [3.8, 4) is 0 Å². The zero-order chi connectivity index (χ0) is 10.7. The maximum atomic E-state index is 5.78. The molecule has 3 nitrogen and oxygen atoms in total. The molecule has 15 heavy (non-hydrogen) atoms. The number of anilines is 2. The SMILES string of the molecule is Clc1ccc(Nc2ncncc2Br)cc1. The smallest absolute Gasteiger partial charge is 0.148 e. The fourth-order valence-electron chi connectivity index (χ4n) is 1.07. The summed E-state index contributed by atoms with van der Waals surface area (Å²) in [6.45, 7) is 0. The van der Waals surface area contributed by atoms with Crippen LogP contribution in [0.3, 0.4) is 0 Å². The maximum Gasteiger partial charge on any atom is 0.148 e. The third-order valence-corrected chi connectivity index (χ3v) is 2.61. The Morgan fingerprint density at radius 2 is 1.93 bits per heavy atom. The van der Waals surface area contributed by atoms with Gasteiger partial charge in [-0.1, -0.05) is 11.6 Å². The number of hydrogen-bond acceptors (Lipinski definition) is 3. The number of halogens is 2. The first-order valence-electron chi connectivity index (χ1n) is 4.24. The van der Waals surface area contributed by atoms with Crippen molar-refractivity contribution < 1.29 is 0 Å². The van der Waals surface area contributed by atoms with E-state index >= 15 is 0 Å². The van der Waals surface area contributed by atoms with E-state index in [1.807, 2.05) is 24.3 Å². The fraction of sp³-hybridized carbons (Fsp3) is 0. The second kappa shape index (κ2) is 4.59. The first-order chi connectivity index (χ1) is 7.25. The van der Waals surface area contributed by atoms with E-state index < -0.39 is 0 Å². The first kappa shape index (κ1) is 10.4. The Labute approximate surface area is 101 Å². The van der Waals surface area contributed by atoms with Gasteiger partial charge in [-0.25, -0.2) is 9.97 Å². The molecule has 0 bridgehead atoms. The Hall–Kier alpha value is -1.13. The molecule has 1 N–H and O–H groups in total. The molecule has 0 atom stereocenters. The van der Waals surface area contributed by atoms with Gasteiger partial charge in [-0.2, -0.15) is 0 Å². The summed E-state index contributed by atoms with van der Waals surface area (Å²) in [5.74, 6) is 0.729. The first-order valence-corrected chi connectivity index (χ1v) is 5.41. The second-order valence-corrected chi connectivity index (χ2v) is 4.14. The van der Waals surface area contributed by atoms with Crippen LogP contribution in [0.2, 0.25) is 5.02 Å². The normalized spacial score (nSPS) is 10.0. The topological polar surface area (TPSA) is 37.8 Å². The van der Waals surface area contributed by atoms with Crippen LogP contribution in [-0.4, -0.2) is 9.97 Å². The van der Waals surface area contributed by atoms with E-state index in [0.717, 1.165) is 16.0 Å². The number of nitrogens with zero attached hydrogens (tertiary/aromatic N) is 2. The standard InChI is InChI=1S/C10H7BrClN3/c11-9-5-13-6-14-10(9)15-8-3-1-7(12)2-4-8/h1-6H,(H,13,14,15). The van der Waals surface area contributed by atoms with Crippen molar-refractivity contribution in [3.05, 3.63) is 46.3 Å². The van der Waals surface area contributed by atoms with E-state index in [1.54, 1.807) is 6.20 Å². The average Bonchev–Trinajstić information content (AvgIpc) is 2.25. The van der Waals surface area contributed by atoms with E-state index in [0.29, 0.717) is 5.02 Å². The van der Waals surface area contributed by atoms with Crippen molar-refractivity contribution in [2.75, 3.05) is 5.32 Å². The molecular weight excluding hydrogens is 277 g/mol. The summed E-state index contributed by atoms with van der Waals surface area (Å²) < 4.78 is 0.819. The zero-order valence-corrected chi connectivity index (χ0v) is 9.96. The Kier molecular flexibility index (Phi) is 3.18. The lowest BCUT2D eigenvalue weighted by Crippen LogP contribution is -1.94. The lowest BCUT2D eigenvalue weighted by molar-refractivity contribution is 1.15. The highest BCUT2D eigenvalue weighted by Gasteiger charge is 2.00. The van der Waals surface area contributed by atoms with Gasteiger partial charge in [0.2, 0.25) is 0 Å². The molecule has 76 valence electrons. The molecule has 1 aromatic heterocycles. The van der Waals surface area contributed by atoms with Gasteiger partial charge in [0, 0.05) is 16.9 Å². The van der Waals surface area contributed by atoms with Gasteiger partial charge in [-0.3, -0.25) is 0 Å². The molecule has 1 heterocycles. The molecule has 0 spiro atoms. The summed E-state index contributed by atoms with van der Waals surface area (Å²) in [6.07, 6.45) is 3.17. The molecule has 1 aromatic carbocycles. The van der Waals surface area contributed by atoms with Crippen LogP contribution in [-0.2, 0) is 0 Å². The number of aromatic nitrogens is 2. The molecule has 0 fully saturated rings. The molecular formula is C10H7BrClN3. The molecule has 0 aliphatic carbocycles. The second-order valence-electron chi connectivity index (χ2n) is 2.85. The Morgan fingerprint density at radius 1 is 1.20 bits per heavy atom. The zero-order valence-electron chi connectivity index (χ0n) is 7.61. The third-order valence-electron chi connectivity index (χ3n) is 1.77. The fourth-order valence-corrected chi connectivity index (χ4v) is 1.52. The van der Waals surface area contributed by atoms with Crippen LogP contribution in [0.25, 0.3) is 0 Å². The largest absolute Gasteiger partial charge is 0.339 e. The number of rotatable bonds is 2. The van der Waals surface area contributed by atoms with Crippen molar-refractivity contribution in [1.82, 2.24) is 9.97 Å². The third kappa shape index (κ3) is 2.67. The van der Waals surface area contributed by atoms with Gasteiger partial charge in [0.25, 0.3) is 0 Å². The van der Waals surface area contributed by atoms with E-state index in [9.17, 15) is 0 Å². The molecule has 0 unspecified atom stereocenters. The summed E-state index contributed by atoms with van der Waals surface area (Å²) in [5, 5.41) is 3.85. The number of nitrogens with one attached hydrogen (secondary N) is 1. The molecule has 0 saturated heterocycles. The molecule has 0 amide bonds. The highest BCUT2D eigenvalue weighted by atomic mass is 79.9. The molecule has 0 radical (unpaired) electrons. The molecule has 5 heteroatoms. The van der Waals surface area contributed by atoms with Crippen LogP contribution in [0.5, 0.6) is 0 Å². The highest BCUT2D eigenvalue weighted by Crippen LogP contribution is 2.22. The van der Waals surface area contributed by atoms with E-state index in [2.05, 4.69) is 31.2 Å². The minimum atomic E-state index is 0.710. The predicted octanol–water partition coefficient (Wildman–Crippen LogP) is 3.64. The van der Waals surface area contributed by atoms with Gasteiger partial charge in [0.15, 0.2) is 0 Å². The molecule has 2 rings (SSSR count). The Balaban J connectivity index is 2.22.